The van der Waals surface area contributed by atoms with Crippen molar-refractivity contribution >= 4 is 12.4 Å². The molecule has 3 nitrogen and oxygen atoms in total. The van der Waals surface area contributed by atoms with Crippen LogP contribution in [-0.2, 0) is 0 Å². The first-order valence-electron chi connectivity index (χ1n) is 6.31. The Labute approximate surface area is 120 Å². The third-order valence-corrected chi connectivity index (χ3v) is 3.02. The van der Waals surface area contributed by atoms with Crippen molar-refractivity contribution in [3.05, 3.63) is 23.5 Å². The van der Waals surface area contributed by atoms with Crippen LogP contribution in [0.2, 0.25) is 0 Å². The number of benzene rings is 1. The van der Waals surface area contributed by atoms with Crippen LogP contribution in [0.4, 0.5) is 4.39 Å². The number of unbranched alkanes of at least 4 members (excludes halogenated alkanes) is 2. The molecule has 1 atom stereocenters. The lowest BCUT2D eigenvalue weighted by atomic mass is 10.0. The summed E-state index contributed by atoms with van der Waals surface area (Å²) in [4.78, 5) is 0. The zero-order valence-corrected chi connectivity index (χ0v) is 12.6. The van der Waals surface area contributed by atoms with Crippen molar-refractivity contribution in [3.63, 3.8) is 0 Å². The van der Waals surface area contributed by atoms with Gasteiger partial charge in [0.15, 0.2) is 11.5 Å². The summed E-state index contributed by atoms with van der Waals surface area (Å²) in [5.41, 5.74) is 6.50. The van der Waals surface area contributed by atoms with E-state index in [1.54, 1.807) is 6.07 Å². The zero-order valence-electron chi connectivity index (χ0n) is 11.7. The predicted molar refractivity (Wildman–Crippen MR) is 77.8 cm³/mol. The van der Waals surface area contributed by atoms with E-state index in [0.29, 0.717) is 17.1 Å². The van der Waals surface area contributed by atoms with Crippen LogP contribution < -0.4 is 15.2 Å². The second-order valence-electron chi connectivity index (χ2n) is 4.33. The molecule has 110 valence electrons. The molecule has 0 heterocycles. The molecule has 1 aromatic rings. The first kappa shape index (κ1) is 18.0. The predicted octanol–water partition coefficient (Wildman–Crippen LogP) is 3.84. The lowest BCUT2D eigenvalue weighted by Gasteiger charge is -2.16. The summed E-state index contributed by atoms with van der Waals surface area (Å²) in [6.07, 6.45) is 4.02. The standard InChI is InChI=1S/C14H22FNO2.ClH/c1-4-5-6-7-12(16)10-8-13(17-2)14(18-3)9-11(10)15;/h8-9,12H,4-7,16H2,1-3H3;1H/t12-;/m0./s1. The van der Waals surface area contributed by atoms with E-state index in [-0.39, 0.29) is 24.3 Å². The van der Waals surface area contributed by atoms with Gasteiger partial charge in [-0.2, -0.15) is 0 Å². The van der Waals surface area contributed by atoms with Gasteiger partial charge in [-0.3, -0.25) is 0 Å². The summed E-state index contributed by atoms with van der Waals surface area (Å²) in [5, 5.41) is 0. The van der Waals surface area contributed by atoms with Crippen molar-refractivity contribution in [2.75, 3.05) is 14.2 Å². The number of rotatable bonds is 7. The van der Waals surface area contributed by atoms with Crippen LogP contribution in [0.25, 0.3) is 0 Å². The Kier molecular flexibility index (Phi) is 8.52. The Hall–Kier alpha value is -1.00. The van der Waals surface area contributed by atoms with Gasteiger partial charge in [0.1, 0.15) is 5.82 Å². The van der Waals surface area contributed by atoms with Gasteiger partial charge < -0.3 is 15.2 Å². The topological polar surface area (TPSA) is 44.5 Å². The fourth-order valence-corrected chi connectivity index (χ4v) is 1.92. The van der Waals surface area contributed by atoms with Crippen molar-refractivity contribution in [3.8, 4) is 11.5 Å². The highest BCUT2D eigenvalue weighted by molar-refractivity contribution is 5.85. The molecule has 0 aliphatic heterocycles. The van der Waals surface area contributed by atoms with Gasteiger partial charge in [-0.05, 0) is 12.5 Å². The van der Waals surface area contributed by atoms with Crippen molar-refractivity contribution in [1.29, 1.82) is 0 Å². The van der Waals surface area contributed by atoms with Gasteiger partial charge in [-0.15, -0.1) is 12.4 Å². The third-order valence-electron chi connectivity index (χ3n) is 3.02. The fourth-order valence-electron chi connectivity index (χ4n) is 1.92. The molecule has 1 aromatic carbocycles. The molecule has 0 saturated carbocycles. The molecule has 0 aromatic heterocycles. The van der Waals surface area contributed by atoms with Crippen LogP contribution in [0.15, 0.2) is 12.1 Å². The van der Waals surface area contributed by atoms with Crippen molar-refractivity contribution in [2.24, 2.45) is 5.73 Å². The maximum Gasteiger partial charge on any atom is 0.163 e. The van der Waals surface area contributed by atoms with E-state index < -0.39 is 0 Å². The second-order valence-corrected chi connectivity index (χ2v) is 4.33. The molecular formula is C14H23ClFNO2. The summed E-state index contributed by atoms with van der Waals surface area (Å²) in [7, 11) is 3.01. The van der Waals surface area contributed by atoms with Crippen LogP contribution in [0.5, 0.6) is 11.5 Å². The summed E-state index contributed by atoms with van der Waals surface area (Å²) in [6, 6.07) is 2.66. The molecule has 0 aliphatic carbocycles. The smallest absolute Gasteiger partial charge is 0.163 e. The molecule has 19 heavy (non-hydrogen) atoms. The average Bonchev–Trinajstić information content (AvgIpc) is 2.38. The van der Waals surface area contributed by atoms with E-state index >= 15 is 0 Å². The first-order valence-corrected chi connectivity index (χ1v) is 6.31. The Bertz CT molecular complexity index is 388. The van der Waals surface area contributed by atoms with Gasteiger partial charge in [-0.1, -0.05) is 26.2 Å². The molecule has 0 fully saturated rings. The van der Waals surface area contributed by atoms with Gasteiger partial charge in [0.05, 0.1) is 14.2 Å². The van der Waals surface area contributed by atoms with Gasteiger partial charge >= 0.3 is 0 Å². The molecule has 2 N–H and O–H groups in total. The molecule has 0 unspecified atom stereocenters. The summed E-state index contributed by atoms with van der Waals surface area (Å²) in [6.45, 7) is 2.13. The first-order chi connectivity index (χ1) is 8.63. The maximum atomic E-state index is 13.9. The largest absolute Gasteiger partial charge is 0.493 e. The average molecular weight is 292 g/mol. The molecular weight excluding hydrogens is 269 g/mol. The SMILES string of the molecule is CCCCC[C@H](N)c1cc(OC)c(OC)cc1F.Cl. The van der Waals surface area contributed by atoms with Crippen LogP contribution in [0.1, 0.15) is 44.2 Å². The van der Waals surface area contributed by atoms with Gasteiger partial charge in [-0.25, -0.2) is 4.39 Å². The van der Waals surface area contributed by atoms with E-state index in [1.165, 1.54) is 20.3 Å². The quantitative estimate of drug-likeness (QED) is 0.776. The van der Waals surface area contributed by atoms with Crippen molar-refractivity contribution in [1.82, 2.24) is 0 Å². The summed E-state index contributed by atoms with van der Waals surface area (Å²) >= 11 is 0. The second kappa shape index (κ2) is 8.99. The highest BCUT2D eigenvalue weighted by Crippen LogP contribution is 2.33. The zero-order chi connectivity index (χ0) is 13.5. The van der Waals surface area contributed by atoms with Crippen LogP contribution in [0, 0.1) is 5.82 Å². The number of hydrogen-bond donors (Lipinski definition) is 1. The molecule has 0 amide bonds. The number of halogens is 2. The minimum atomic E-state index is -0.336. The fraction of sp³-hybridized carbons (Fsp3) is 0.571. The lowest BCUT2D eigenvalue weighted by molar-refractivity contribution is 0.350. The molecule has 5 heteroatoms. The molecule has 0 saturated heterocycles. The Morgan fingerprint density at radius 2 is 1.74 bits per heavy atom. The Morgan fingerprint density at radius 3 is 2.26 bits per heavy atom. The monoisotopic (exact) mass is 291 g/mol. The van der Waals surface area contributed by atoms with Gasteiger partial charge in [0.2, 0.25) is 0 Å². The van der Waals surface area contributed by atoms with E-state index in [2.05, 4.69) is 6.92 Å². The lowest BCUT2D eigenvalue weighted by Crippen LogP contribution is -2.12. The number of ether oxygens (including phenoxy) is 2. The molecule has 0 spiro atoms. The highest BCUT2D eigenvalue weighted by atomic mass is 35.5. The van der Waals surface area contributed by atoms with Crippen LogP contribution in [-0.4, -0.2) is 14.2 Å². The van der Waals surface area contributed by atoms with E-state index in [0.717, 1.165) is 25.7 Å². The summed E-state index contributed by atoms with van der Waals surface area (Å²) < 4.78 is 24.1. The van der Waals surface area contributed by atoms with Gasteiger partial charge in [0, 0.05) is 17.7 Å². The van der Waals surface area contributed by atoms with E-state index in [4.69, 9.17) is 15.2 Å². The number of nitrogens with two attached hydrogens (primary N) is 1. The molecule has 0 bridgehead atoms. The molecule has 1 rings (SSSR count). The highest BCUT2D eigenvalue weighted by Gasteiger charge is 2.16. The van der Waals surface area contributed by atoms with E-state index in [1.807, 2.05) is 0 Å². The van der Waals surface area contributed by atoms with E-state index in [9.17, 15) is 4.39 Å². The Morgan fingerprint density at radius 1 is 1.16 bits per heavy atom. The third kappa shape index (κ3) is 4.88. The molecule has 0 aliphatic rings. The number of hydrogen-bond acceptors (Lipinski definition) is 3. The van der Waals surface area contributed by atoms with Crippen molar-refractivity contribution in [2.45, 2.75) is 38.6 Å². The summed E-state index contributed by atoms with van der Waals surface area (Å²) in [5.74, 6) is 0.566. The van der Waals surface area contributed by atoms with Crippen LogP contribution >= 0.6 is 12.4 Å². The normalized spacial score (nSPS) is 11.6. The number of methoxy groups -OCH3 is 2. The molecule has 0 radical (unpaired) electrons. The van der Waals surface area contributed by atoms with Crippen LogP contribution in [0.3, 0.4) is 0 Å². The van der Waals surface area contributed by atoms with Gasteiger partial charge in [0.25, 0.3) is 0 Å². The van der Waals surface area contributed by atoms with Crippen molar-refractivity contribution < 1.29 is 13.9 Å². The Balaban J connectivity index is 0.00000324. The minimum Gasteiger partial charge on any atom is -0.493 e. The maximum absolute atomic E-state index is 13.9. The minimum absolute atomic E-state index is 0.